The Morgan fingerprint density at radius 1 is 1.26 bits per heavy atom. The number of guanidine groups is 1. The lowest BCUT2D eigenvalue weighted by Crippen LogP contribution is -2.30. The highest BCUT2D eigenvalue weighted by molar-refractivity contribution is 5.84. The number of imidazole rings is 1. The van der Waals surface area contributed by atoms with Gasteiger partial charge in [0.25, 0.3) is 5.82 Å². The maximum atomic E-state index is 4.21. The van der Waals surface area contributed by atoms with Gasteiger partial charge in [-0.25, -0.2) is 19.6 Å². The molecule has 0 unspecified atom stereocenters. The molecule has 1 aromatic carbocycles. The van der Waals surface area contributed by atoms with Crippen LogP contribution in [0.25, 0.3) is 12.2 Å². The number of hydrogen-bond donors (Lipinski definition) is 2. The molecule has 1 aromatic heterocycles. The summed E-state index contributed by atoms with van der Waals surface area (Å²) in [6, 6.07) is 8.23. The van der Waals surface area contributed by atoms with Crippen LogP contribution in [0.2, 0.25) is 0 Å². The molecule has 0 saturated heterocycles. The van der Waals surface area contributed by atoms with Crippen LogP contribution in [-0.4, -0.2) is 29.8 Å². The van der Waals surface area contributed by atoms with Gasteiger partial charge < -0.3 is 5.32 Å². The third-order valence-electron chi connectivity index (χ3n) is 3.66. The van der Waals surface area contributed by atoms with Gasteiger partial charge in [0.15, 0.2) is 0 Å². The summed E-state index contributed by atoms with van der Waals surface area (Å²) >= 11 is 0. The first-order valence-corrected chi connectivity index (χ1v) is 7.59. The standard InChI is InChI=1S/C17H20N6/c1-22-11-12-23(2)16(22)8-7-14-3-5-15(6-4-14)13-20-21-17-18-9-10-19-17/h3-8,11-13H,9-10H2,1-2H3,(H,18,19)/p+1. The molecule has 0 spiro atoms. The second-order valence-electron chi connectivity index (χ2n) is 5.41. The molecular formula is C17H21N6+. The molecule has 1 aliphatic heterocycles. The van der Waals surface area contributed by atoms with Gasteiger partial charge in [0.05, 0.1) is 26.9 Å². The fourth-order valence-electron chi connectivity index (χ4n) is 2.34. The van der Waals surface area contributed by atoms with E-state index in [0.29, 0.717) is 0 Å². The number of rotatable bonds is 4. The second kappa shape index (κ2) is 6.91. The third kappa shape index (κ3) is 3.85. The fraction of sp³-hybridized carbons (Fsp3) is 0.235. The van der Waals surface area contributed by atoms with Gasteiger partial charge in [-0.15, -0.1) is 0 Å². The van der Waals surface area contributed by atoms with Gasteiger partial charge in [-0.1, -0.05) is 24.3 Å². The van der Waals surface area contributed by atoms with Gasteiger partial charge in [-0.3, -0.25) is 0 Å². The normalized spacial score (nSPS) is 14.4. The smallest absolute Gasteiger partial charge is 0.280 e. The highest BCUT2D eigenvalue weighted by Crippen LogP contribution is 2.07. The van der Waals surface area contributed by atoms with Crippen LogP contribution in [0.3, 0.4) is 0 Å². The summed E-state index contributed by atoms with van der Waals surface area (Å²) in [5.74, 6) is 1.88. The van der Waals surface area contributed by atoms with E-state index in [1.807, 2.05) is 38.6 Å². The predicted molar refractivity (Wildman–Crippen MR) is 93.0 cm³/mol. The first-order chi connectivity index (χ1) is 11.2. The summed E-state index contributed by atoms with van der Waals surface area (Å²) in [5, 5.41) is 7.27. The van der Waals surface area contributed by atoms with Crippen LogP contribution in [0, 0.1) is 0 Å². The molecule has 2 aromatic rings. The summed E-state index contributed by atoms with van der Waals surface area (Å²) < 4.78 is 4.17. The number of hydrogen-bond acceptors (Lipinski definition) is 4. The van der Waals surface area contributed by atoms with Crippen molar-refractivity contribution in [2.75, 3.05) is 13.1 Å². The van der Waals surface area contributed by atoms with Crippen molar-refractivity contribution in [2.24, 2.45) is 24.2 Å². The van der Waals surface area contributed by atoms with Crippen molar-refractivity contribution in [1.82, 2.24) is 15.3 Å². The van der Waals surface area contributed by atoms with E-state index in [0.717, 1.165) is 36.0 Å². The molecule has 3 rings (SSSR count). The number of aryl methyl sites for hydroxylation is 2. The maximum absolute atomic E-state index is 4.21. The Morgan fingerprint density at radius 3 is 2.70 bits per heavy atom. The first-order valence-electron chi connectivity index (χ1n) is 7.59. The van der Waals surface area contributed by atoms with Crippen LogP contribution in [0.1, 0.15) is 17.0 Å². The van der Waals surface area contributed by atoms with Crippen LogP contribution >= 0.6 is 0 Å². The zero-order valence-corrected chi connectivity index (χ0v) is 13.4. The zero-order chi connectivity index (χ0) is 16.1. The third-order valence-corrected chi connectivity index (χ3v) is 3.66. The van der Waals surface area contributed by atoms with Crippen LogP contribution in [0.15, 0.2) is 46.8 Å². The number of aliphatic imine (C=N–C) groups is 1. The Hall–Kier alpha value is -2.89. The number of benzene rings is 1. The fourth-order valence-corrected chi connectivity index (χ4v) is 2.34. The topological polar surface area (TPSA) is 57.6 Å². The van der Waals surface area contributed by atoms with E-state index in [9.17, 15) is 0 Å². The zero-order valence-electron chi connectivity index (χ0n) is 13.4. The molecule has 2 N–H and O–H groups in total. The highest BCUT2D eigenvalue weighted by Gasteiger charge is 2.06. The van der Waals surface area contributed by atoms with Crippen molar-refractivity contribution >= 4 is 24.3 Å². The average Bonchev–Trinajstić information content (AvgIpc) is 3.18. The summed E-state index contributed by atoms with van der Waals surface area (Å²) in [5.41, 5.74) is 5.08. The number of aromatic nitrogens is 2. The molecule has 2 heterocycles. The summed E-state index contributed by atoms with van der Waals surface area (Å²) in [6.07, 6.45) is 10.1. The lowest BCUT2D eigenvalue weighted by molar-refractivity contribution is -0.672. The van der Waals surface area contributed by atoms with Gasteiger partial charge >= 0.3 is 0 Å². The highest BCUT2D eigenvalue weighted by atomic mass is 15.4. The molecule has 0 radical (unpaired) electrons. The lowest BCUT2D eigenvalue weighted by atomic mass is 10.1. The summed E-state index contributed by atoms with van der Waals surface area (Å²) in [4.78, 5) is 4.21. The van der Waals surface area contributed by atoms with Crippen molar-refractivity contribution in [3.8, 4) is 0 Å². The molecule has 118 valence electrons. The Balaban J connectivity index is 1.61. The average molecular weight is 309 g/mol. The molecule has 0 bridgehead atoms. The SMILES string of the molecule is Cn1cc[n+](C)c1C=Cc1ccc(C=NNC2=NCCN2)cc1. The Morgan fingerprint density at radius 2 is 2.04 bits per heavy atom. The van der Waals surface area contributed by atoms with Gasteiger partial charge in [0.1, 0.15) is 12.4 Å². The first kappa shape index (κ1) is 15.0. The van der Waals surface area contributed by atoms with Crippen LogP contribution in [0.5, 0.6) is 0 Å². The molecular weight excluding hydrogens is 288 g/mol. The molecule has 1 aliphatic rings. The minimum absolute atomic E-state index is 0.733. The molecule has 6 nitrogen and oxygen atoms in total. The number of nitrogens with zero attached hydrogens (tertiary/aromatic N) is 4. The van der Waals surface area contributed by atoms with Crippen molar-refractivity contribution in [2.45, 2.75) is 0 Å². The van der Waals surface area contributed by atoms with E-state index in [-0.39, 0.29) is 0 Å². The Kier molecular flexibility index (Phi) is 4.52. The van der Waals surface area contributed by atoms with Crippen molar-refractivity contribution in [1.29, 1.82) is 0 Å². The van der Waals surface area contributed by atoms with Crippen molar-refractivity contribution in [3.05, 3.63) is 53.6 Å². The van der Waals surface area contributed by atoms with Crippen molar-refractivity contribution < 1.29 is 4.57 Å². The van der Waals surface area contributed by atoms with E-state index < -0.39 is 0 Å². The van der Waals surface area contributed by atoms with Crippen molar-refractivity contribution in [3.63, 3.8) is 0 Å². The summed E-state index contributed by atoms with van der Waals surface area (Å²) in [6.45, 7) is 1.68. The van der Waals surface area contributed by atoms with Crippen LogP contribution in [0.4, 0.5) is 0 Å². The Bertz CT molecular complexity index is 732. The Labute approximate surface area is 135 Å². The summed E-state index contributed by atoms with van der Waals surface area (Å²) in [7, 11) is 4.07. The number of hydrazone groups is 1. The molecule has 0 saturated carbocycles. The van der Waals surface area contributed by atoms with Crippen LogP contribution in [-0.2, 0) is 14.1 Å². The minimum atomic E-state index is 0.733. The van der Waals surface area contributed by atoms with Gasteiger partial charge in [-0.05, 0) is 17.2 Å². The molecule has 0 atom stereocenters. The lowest BCUT2D eigenvalue weighted by Gasteiger charge is -1.99. The second-order valence-corrected chi connectivity index (χ2v) is 5.41. The van der Waals surface area contributed by atoms with E-state index >= 15 is 0 Å². The number of nitrogens with one attached hydrogen (secondary N) is 2. The maximum Gasteiger partial charge on any atom is 0.280 e. The molecule has 6 heteroatoms. The van der Waals surface area contributed by atoms with Crippen LogP contribution < -0.4 is 15.3 Å². The van der Waals surface area contributed by atoms with Gasteiger partial charge in [-0.2, -0.15) is 5.10 Å². The molecule has 0 amide bonds. The van der Waals surface area contributed by atoms with E-state index in [2.05, 4.69) is 54.3 Å². The van der Waals surface area contributed by atoms with E-state index in [4.69, 9.17) is 0 Å². The van der Waals surface area contributed by atoms with E-state index in [1.54, 1.807) is 6.21 Å². The van der Waals surface area contributed by atoms with Gasteiger partial charge in [0, 0.05) is 12.6 Å². The predicted octanol–water partition coefficient (Wildman–Crippen LogP) is 0.903. The monoisotopic (exact) mass is 309 g/mol. The largest absolute Gasteiger partial charge is 0.353 e. The molecule has 0 aliphatic carbocycles. The molecule has 0 fully saturated rings. The quantitative estimate of drug-likeness (QED) is 0.501. The minimum Gasteiger partial charge on any atom is -0.353 e. The van der Waals surface area contributed by atoms with E-state index in [1.165, 1.54) is 0 Å². The van der Waals surface area contributed by atoms with Gasteiger partial charge in [0.2, 0.25) is 5.96 Å². The molecule has 23 heavy (non-hydrogen) atoms.